The monoisotopic (exact) mass is 320 g/mol. The van der Waals surface area contributed by atoms with Crippen LogP contribution in [0.5, 0.6) is 0 Å². The number of aryl methyl sites for hydroxylation is 2. The molecule has 2 unspecified atom stereocenters. The average Bonchev–Trinajstić information content (AvgIpc) is 3.20. The van der Waals surface area contributed by atoms with Crippen molar-refractivity contribution >= 4 is 5.96 Å². The lowest BCUT2D eigenvalue weighted by molar-refractivity contribution is 0.114. The van der Waals surface area contributed by atoms with Crippen molar-refractivity contribution in [2.75, 3.05) is 26.2 Å². The molecule has 2 atom stereocenters. The van der Waals surface area contributed by atoms with E-state index in [1.807, 2.05) is 6.92 Å². The summed E-state index contributed by atoms with van der Waals surface area (Å²) < 4.78 is 7.89. The number of nitrogens with zero attached hydrogens (tertiary/aromatic N) is 4. The lowest BCUT2D eigenvalue weighted by Crippen LogP contribution is -2.41. The summed E-state index contributed by atoms with van der Waals surface area (Å²) in [6.45, 7) is 8.53. The first-order chi connectivity index (χ1) is 11.3. The number of hydrogen-bond donors (Lipinski definition) is 2. The quantitative estimate of drug-likeness (QED) is 0.622. The highest BCUT2D eigenvalue weighted by Crippen LogP contribution is 2.20. The Bertz CT molecular complexity index is 535. The molecule has 3 rings (SSSR count). The molecule has 2 aliphatic rings. The molecule has 0 aliphatic carbocycles. The average molecular weight is 320 g/mol. The molecule has 0 radical (unpaired) electrons. The van der Waals surface area contributed by atoms with Gasteiger partial charge >= 0.3 is 0 Å². The highest BCUT2D eigenvalue weighted by atomic mass is 16.5. The molecule has 0 spiro atoms. The number of rotatable bonds is 5. The van der Waals surface area contributed by atoms with E-state index < -0.39 is 0 Å². The lowest BCUT2D eigenvalue weighted by Gasteiger charge is -2.23. The van der Waals surface area contributed by atoms with Gasteiger partial charge in [0, 0.05) is 39.2 Å². The zero-order chi connectivity index (χ0) is 16.1. The molecule has 2 N–H and O–H groups in total. The van der Waals surface area contributed by atoms with E-state index in [2.05, 4.69) is 32.3 Å². The summed E-state index contributed by atoms with van der Waals surface area (Å²) in [5.41, 5.74) is 0. The molecular formula is C16H28N6O. The molecule has 0 bridgehead atoms. The second kappa shape index (κ2) is 7.77. The van der Waals surface area contributed by atoms with Gasteiger partial charge in [0.25, 0.3) is 0 Å². The maximum atomic E-state index is 5.66. The molecule has 1 aromatic heterocycles. The van der Waals surface area contributed by atoms with Crippen molar-refractivity contribution < 1.29 is 4.74 Å². The highest BCUT2D eigenvalue weighted by Gasteiger charge is 2.21. The number of guanidine groups is 1. The van der Waals surface area contributed by atoms with Gasteiger partial charge in [-0.2, -0.15) is 0 Å². The van der Waals surface area contributed by atoms with Crippen molar-refractivity contribution in [2.45, 2.75) is 52.2 Å². The van der Waals surface area contributed by atoms with Crippen LogP contribution in [-0.4, -0.2) is 53.1 Å². The molecule has 0 amide bonds. The van der Waals surface area contributed by atoms with E-state index in [1.54, 1.807) is 0 Å². The summed E-state index contributed by atoms with van der Waals surface area (Å²) >= 11 is 0. The molecule has 0 aromatic carbocycles. The Morgan fingerprint density at radius 1 is 1.35 bits per heavy atom. The normalized spacial score (nSPS) is 24.5. The first-order valence-electron chi connectivity index (χ1n) is 8.78. The van der Waals surface area contributed by atoms with Crippen molar-refractivity contribution in [3.05, 3.63) is 11.6 Å². The van der Waals surface area contributed by atoms with Crippen molar-refractivity contribution in [3.8, 4) is 0 Å². The number of ether oxygens (including phenoxy) is 1. The number of aromatic nitrogens is 3. The van der Waals surface area contributed by atoms with Crippen LogP contribution in [0.4, 0.5) is 0 Å². The van der Waals surface area contributed by atoms with Crippen LogP contribution < -0.4 is 10.6 Å². The van der Waals surface area contributed by atoms with E-state index in [9.17, 15) is 0 Å². The van der Waals surface area contributed by atoms with Gasteiger partial charge in [0.05, 0.1) is 6.10 Å². The summed E-state index contributed by atoms with van der Waals surface area (Å²) in [6, 6.07) is 0. The third kappa shape index (κ3) is 4.22. The Morgan fingerprint density at radius 3 is 3.04 bits per heavy atom. The van der Waals surface area contributed by atoms with E-state index in [-0.39, 0.29) is 0 Å². The van der Waals surface area contributed by atoms with Crippen molar-refractivity contribution in [2.24, 2.45) is 10.9 Å². The third-order valence-corrected chi connectivity index (χ3v) is 4.60. The maximum absolute atomic E-state index is 5.66. The molecule has 0 saturated carbocycles. The van der Waals surface area contributed by atoms with Crippen LogP contribution in [0.3, 0.4) is 0 Å². The molecule has 23 heavy (non-hydrogen) atoms. The molecule has 128 valence electrons. The minimum atomic E-state index is 0.329. The smallest absolute Gasteiger partial charge is 0.191 e. The van der Waals surface area contributed by atoms with Crippen LogP contribution in [-0.2, 0) is 17.7 Å². The fourth-order valence-electron chi connectivity index (χ4n) is 3.26. The standard InChI is InChI=1S/C16H28N6O/c1-3-17-16(19-10-14-5-4-8-23-14)18-9-13-6-7-15-21-20-12(2)22(15)11-13/h13-14H,3-11H2,1-2H3,(H2,17,18,19). The Labute approximate surface area is 137 Å². The minimum absolute atomic E-state index is 0.329. The zero-order valence-electron chi connectivity index (χ0n) is 14.2. The second-order valence-electron chi connectivity index (χ2n) is 6.41. The topological polar surface area (TPSA) is 76.4 Å². The fraction of sp³-hybridized carbons (Fsp3) is 0.812. The molecular weight excluding hydrogens is 292 g/mol. The number of hydrogen-bond acceptors (Lipinski definition) is 4. The van der Waals surface area contributed by atoms with Crippen LogP contribution in [0, 0.1) is 12.8 Å². The molecule has 1 fully saturated rings. The molecule has 1 aromatic rings. The van der Waals surface area contributed by atoms with Crippen LogP contribution in [0.25, 0.3) is 0 Å². The minimum Gasteiger partial charge on any atom is -0.376 e. The predicted molar refractivity (Wildman–Crippen MR) is 89.5 cm³/mol. The van der Waals surface area contributed by atoms with Crippen LogP contribution >= 0.6 is 0 Å². The summed E-state index contributed by atoms with van der Waals surface area (Å²) in [4.78, 5) is 4.77. The molecule has 7 nitrogen and oxygen atoms in total. The van der Waals surface area contributed by atoms with Gasteiger partial charge in [0.1, 0.15) is 11.6 Å². The van der Waals surface area contributed by atoms with Gasteiger partial charge in [-0.15, -0.1) is 10.2 Å². The zero-order valence-corrected chi connectivity index (χ0v) is 14.2. The van der Waals surface area contributed by atoms with Crippen LogP contribution in [0.1, 0.15) is 37.8 Å². The van der Waals surface area contributed by atoms with Crippen LogP contribution in [0.2, 0.25) is 0 Å². The molecule has 1 saturated heterocycles. The predicted octanol–water partition coefficient (Wildman–Crippen LogP) is 0.883. The van der Waals surface area contributed by atoms with E-state index in [0.29, 0.717) is 12.0 Å². The maximum Gasteiger partial charge on any atom is 0.191 e. The SMILES string of the molecule is CCNC(=NCC1CCc2nnc(C)n2C1)NCC1CCCO1. The van der Waals surface area contributed by atoms with Gasteiger partial charge in [-0.25, -0.2) is 0 Å². The summed E-state index contributed by atoms with van der Waals surface area (Å²) in [6.07, 6.45) is 4.77. The van der Waals surface area contributed by atoms with Crippen molar-refractivity contribution in [3.63, 3.8) is 0 Å². The molecule has 2 aliphatic heterocycles. The first kappa shape index (κ1) is 16.2. The Kier molecular flexibility index (Phi) is 5.48. The molecule has 3 heterocycles. The summed E-state index contributed by atoms with van der Waals surface area (Å²) in [7, 11) is 0. The van der Waals surface area contributed by atoms with Crippen molar-refractivity contribution in [1.82, 2.24) is 25.4 Å². The fourth-order valence-corrected chi connectivity index (χ4v) is 3.26. The van der Waals surface area contributed by atoms with Gasteiger partial charge in [0.2, 0.25) is 0 Å². The van der Waals surface area contributed by atoms with E-state index in [1.165, 1.54) is 6.42 Å². The Morgan fingerprint density at radius 2 is 2.26 bits per heavy atom. The van der Waals surface area contributed by atoms with Gasteiger partial charge in [-0.3, -0.25) is 4.99 Å². The Hall–Kier alpha value is -1.63. The number of nitrogens with one attached hydrogen (secondary N) is 2. The third-order valence-electron chi connectivity index (χ3n) is 4.60. The van der Waals surface area contributed by atoms with Gasteiger partial charge in [0.15, 0.2) is 5.96 Å². The van der Waals surface area contributed by atoms with E-state index in [4.69, 9.17) is 9.73 Å². The lowest BCUT2D eigenvalue weighted by atomic mass is 9.99. The number of aliphatic imine (C=N–C) groups is 1. The van der Waals surface area contributed by atoms with Crippen LogP contribution in [0.15, 0.2) is 4.99 Å². The van der Waals surface area contributed by atoms with Gasteiger partial charge in [-0.1, -0.05) is 0 Å². The first-order valence-corrected chi connectivity index (χ1v) is 8.78. The van der Waals surface area contributed by atoms with Crippen molar-refractivity contribution in [1.29, 1.82) is 0 Å². The Balaban J connectivity index is 1.52. The van der Waals surface area contributed by atoms with Gasteiger partial charge < -0.3 is 19.9 Å². The number of fused-ring (bicyclic) bond motifs is 1. The largest absolute Gasteiger partial charge is 0.376 e. The van der Waals surface area contributed by atoms with E-state index >= 15 is 0 Å². The molecule has 7 heteroatoms. The summed E-state index contributed by atoms with van der Waals surface area (Å²) in [5.74, 6) is 3.58. The van der Waals surface area contributed by atoms with E-state index in [0.717, 1.165) is 69.7 Å². The van der Waals surface area contributed by atoms with Gasteiger partial charge in [-0.05, 0) is 39.0 Å². The summed E-state index contributed by atoms with van der Waals surface area (Å²) in [5, 5.41) is 15.1. The highest BCUT2D eigenvalue weighted by molar-refractivity contribution is 5.79. The second-order valence-corrected chi connectivity index (χ2v) is 6.41.